The van der Waals surface area contributed by atoms with E-state index in [1.807, 2.05) is 0 Å². The van der Waals surface area contributed by atoms with Gasteiger partial charge >= 0.3 is 11.8 Å². The van der Waals surface area contributed by atoms with E-state index in [-0.39, 0.29) is 13.1 Å². The number of aromatic nitrogens is 1. The normalized spacial score (nSPS) is 9.74. The molecule has 0 atom stereocenters. The Morgan fingerprint density at radius 1 is 1.47 bits per heavy atom. The number of carbonyl (C=O) groups excluding carboxylic acids is 3. The van der Waals surface area contributed by atoms with Crippen molar-refractivity contribution in [1.29, 1.82) is 0 Å². The number of nitrogens with zero attached hydrogens (tertiary/aromatic N) is 2. The first kappa shape index (κ1) is 14.8. The Balaban J connectivity index is 2.47. The van der Waals surface area contributed by atoms with Gasteiger partial charge in [0.2, 0.25) is 6.41 Å². The fourth-order valence-corrected chi connectivity index (χ4v) is 1.35. The van der Waals surface area contributed by atoms with Crippen molar-refractivity contribution in [2.45, 2.75) is 13.0 Å². The standard InChI is InChI=1S/C12H16N4O3/c13-4-2-6-16(9-17)12(19)11(18)15-8-10-3-1-5-14-7-10/h1,3,5,7,9H,2,4,6,8,13H2,(H,15,18). The zero-order chi connectivity index (χ0) is 14.1. The van der Waals surface area contributed by atoms with Gasteiger partial charge < -0.3 is 11.1 Å². The summed E-state index contributed by atoms with van der Waals surface area (Å²) in [6, 6.07) is 3.49. The number of rotatable bonds is 6. The molecule has 3 N–H and O–H groups in total. The first-order valence-electron chi connectivity index (χ1n) is 5.82. The zero-order valence-electron chi connectivity index (χ0n) is 10.4. The highest BCUT2D eigenvalue weighted by atomic mass is 16.2. The van der Waals surface area contributed by atoms with E-state index in [0.717, 1.165) is 10.5 Å². The van der Waals surface area contributed by atoms with Gasteiger partial charge in [-0.2, -0.15) is 0 Å². The summed E-state index contributed by atoms with van der Waals surface area (Å²) in [6.07, 6.45) is 3.98. The summed E-state index contributed by atoms with van der Waals surface area (Å²) in [5.74, 6) is -1.71. The molecule has 0 saturated heterocycles. The van der Waals surface area contributed by atoms with Crippen LogP contribution < -0.4 is 11.1 Å². The molecule has 0 unspecified atom stereocenters. The molecule has 0 aliphatic rings. The van der Waals surface area contributed by atoms with Crippen molar-refractivity contribution < 1.29 is 14.4 Å². The Kier molecular flexibility index (Phi) is 6.17. The largest absolute Gasteiger partial charge is 0.344 e. The third-order valence-corrected chi connectivity index (χ3v) is 2.36. The summed E-state index contributed by atoms with van der Waals surface area (Å²) in [4.78, 5) is 38.6. The molecule has 7 heteroatoms. The predicted octanol–water partition coefficient (Wildman–Crippen LogP) is -0.968. The van der Waals surface area contributed by atoms with Crippen molar-refractivity contribution in [3.05, 3.63) is 30.1 Å². The van der Waals surface area contributed by atoms with Gasteiger partial charge in [-0.3, -0.25) is 24.3 Å². The van der Waals surface area contributed by atoms with Gasteiger partial charge in [-0.1, -0.05) is 6.07 Å². The van der Waals surface area contributed by atoms with Crippen LogP contribution in [0.1, 0.15) is 12.0 Å². The fourth-order valence-electron chi connectivity index (χ4n) is 1.35. The number of nitrogens with one attached hydrogen (secondary N) is 1. The Morgan fingerprint density at radius 2 is 2.26 bits per heavy atom. The van der Waals surface area contributed by atoms with E-state index in [1.165, 1.54) is 0 Å². The van der Waals surface area contributed by atoms with Crippen LogP contribution in [0.5, 0.6) is 0 Å². The molecular weight excluding hydrogens is 248 g/mol. The summed E-state index contributed by atoms with van der Waals surface area (Å²) in [5, 5.41) is 2.43. The Labute approximate surface area is 110 Å². The Bertz CT molecular complexity index is 436. The van der Waals surface area contributed by atoms with Crippen molar-refractivity contribution in [3.8, 4) is 0 Å². The molecule has 1 aromatic heterocycles. The quantitative estimate of drug-likeness (QED) is 0.508. The second-order valence-corrected chi connectivity index (χ2v) is 3.79. The number of hydrogen-bond donors (Lipinski definition) is 2. The monoisotopic (exact) mass is 264 g/mol. The minimum atomic E-state index is -0.882. The van der Waals surface area contributed by atoms with Crippen LogP contribution in [0.25, 0.3) is 0 Å². The topological polar surface area (TPSA) is 105 Å². The minimum absolute atomic E-state index is 0.138. The average Bonchev–Trinajstić information content (AvgIpc) is 2.46. The van der Waals surface area contributed by atoms with E-state index < -0.39 is 11.8 Å². The molecule has 1 rings (SSSR count). The number of carbonyl (C=O) groups is 3. The second-order valence-electron chi connectivity index (χ2n) is 3.79. The molecule has 102 valence electrons. The smallest absolute Gasteiger partial charge is 0.318 e. The summed E-state index contributed by atoms with van der Waals surface area (Å²) in [7, 11) is 0. The minimum Gasteiger partial charge on any atom is -0.344 e. The van der Waals surface area contributed by atoms with Gasteiger partial charge in [-0.15, -0.1) is 0 Å². The first-order valence-corrected chi connectivity index (χ1v) is 5.82. The van der Waals surface area contributed by atoms with Crippen LogP contribution >= 0.6 is 0 Å². The molecule has 0 fully saturated rings. The van der Waals surface area contributed by atoms with Crippen molar-refractivity contribution in [3.63, 3.8) is 0 Å². The maximum Gasteiger partial charge on any atom is 0.318 e. The van der Waals surface area contributed by atoms with E-state index in [1.54, 1.807) is 24.5 Å². The average molecular weight is 264 g/mol. The fraction of sp³-hybridized carbons (Fsp3) is 0.333. The lowest BCUT2D eigenvalue weighted by molar-refractivity contribution is -0.148. The molecule has 0 aromatic carbocycles. The second kappa shape index (κ2) is 7.93. The summed E-state index contributed by atoms with van der Waals surface area (Å²) in [6.45, 7) is 0.663. The lowest BCUT2D eigenvalue weighted by Gasteiger charge is -2.14. The lowest BCUT2D eigenvalue weighted by atomic mass is 10.3. The first-order chi connectivity index (χ1) is 9.19. The third-order valence-electron chi connectivity index (χ3n) is 2.36. The van der Waals surface area contributed by atoms with Crippen molar-refractivity contribution in [2.75, 3.05) is 13.1 Å². The van der Waals surface area contributed by atoms with E-state index in [2.05, 4.69) is 10.3 Å². The van der Waals surface area contributed by atoms with Crippen LogP contribution in [0.15, 0.2) is 24.5 Å². The van der Waals surface area contributed by atoms with Crippen LogP contribution in [0.2, 0.25) is 0 Å². The molecule has 0 aliphatic heterocycles. The number of hydrogen-bond acceptors (Lipinski definition) is 5. The highest BCUT2D eigenvalue weighted by Gasteiger charge is 2.20. The molecule has 0 bridgehead atoms. The van der Waals surface area contributed by atoms with Gasteiger partial charge in [0.1, 0.15) is 0 Å². The summed E-state index contributed by atoms with van der Waals surface area (Å²) < 4.78 is 0. The highest BCUT2D eigenvalue weighted by Crippen LogP contribution is 1.95. The molecule has 0 radical (unpaired) electrons. The van der Waals surface area contributed by atoms with Gasteiger partial charge in [0.05, 0.1) is 0 Å². The third kappa shape index (κ3) is 4.84. The van der Waals surface area contributed by atoms with E-state index >= 15 is 0 Å². The van der Waals surface area contributed by atoms with Gasteiger partial charge in [-0.25, -0.2) is 0 Å². The molecule has 3 amide bonds. The zero-order valence-corrected chi connectivity index (χ0v) is 10.4. The number of nitrogens with two attached hydrogens (primary N) is 1. The number of amides is 3. The van der Waals surface area contributed by atoms with Crippen LogP contribution in [-0.2, 0) is 20.9 Å². The Hall–Kier alpha value is -2.28. The van der Waals surface area contributed by atoms with Crippen molar-refractivity contribution >= 4 is 18.2 Å². The maximum atomic E-state index is 11.6. The molecule has 7 nitrogen and oxygen atoms in total. The lowest BCUT2D eigenvalue weighted by Crippen LogP contribution is -2.42. The van der Waals surface area contributed by atoms with Crippen LogP contribution in [0.4, 0.5) is 0 Å². The van der Waals surface area contributed by atoms with Crippen molar-refractivity contribution in [1.82, 2.24) is 15.2 Å². The maximum absolute atomic E-state index is 11.6. The highest BCUT2D eigenvalue weighted by molar-refractivity contribution is 6.36. The van der Waals surface area contributed by atoms with Gasteiger partial charge in [0.25, 0.3) is 0 Å². The Morgan fingerprint density at radius 3 is 2.84 bits per heavy atom. The van der Waals surface area contributed by atoms with E-state index in [4.69, 9.17) is 5.73 Å². The number of pyridine rings is 1. The molecule has 19 heavy (non-hydrogen) atoms. The molecule has 0 spiro atoms. The molecule has 0 saturated carbocycles. The molecule has 0 aliphatic carbocycles. The summed E-state index contributed by atoms with van der Waals surface area (Å²) >= 11 is 0. The van der Waals surface area contributed by atoms with Gasteiger partial charge in [0, 0.05) is 25.5 Å². The van der Waals surface area contributed by atoms with Gasteiger partial charge in [-0.05, 0) is 24.6 Å². The van der Waals surface area contributed by atoms with Crippen LogP contribution in [0, 0.1) is 0 Å². The van der Waals surface area contributed by atoms with E-state index in [9.17, 15) is 14.4 Å². The van der Waals surface area contributed by atoms with Crippen LogP contribution in [-0.4, -0.2) is 41.2 Å². The van der Waals surface area contributed by atoms with E-state index in [0.29, 0.717) is 19.4 Å². The van der Waals surface area contributed by atoms with Crippen molar-refractivity contribution in [2.24, 2.45) is 5.73 Å². The molecule has 1 aromatic rings. The number of imide groups is 1. The summed E-state index contributed by atoms with van der Waals surface area (Å²) in [5.41, 5.74) is 6.05. The predicted molar refractivity (Wildman–Crippen MR) is 67.5 cm³/mol. The SMILES string of the molecule is NCCCN(C=O)C(=O)C(=O)NCc1cccnc1. The molecule has 1 heterocycles. The van der Waals surface area contributed by atoms with Crippen LogP contribution in [0.3, 0.4) is 0 Å². The molecular formula is C12H16N4O3. The van der Waals surface area contributed by atoms with Gasteiger partial charge in [0.15, 0.2) is 0 Å².